The van der Waals surface area contributed by atoms with Crippen LogP contribution in [-0.2, 0) is 6.54 Å². The minimum Gasteiger partial charge on any atom is -0.337 e. The number of nitrogens with two attached hydrogens (primary N) is 1. The van der Waals surface area contributed by atoms with Crippen molar-refractivity contribution in [2.45, 2.75) is 39.3 Å². The molecule has 0 saturated carbocycles. The Balaban J connectivity index is 1.85. The molecule has 128 valence electrons. The average Bonchev–Trinajstić information content (AvgIpc) is 2.81. The number of likely N-dealkylation sites (tertiary alicyclic amines) is 1. The molecule has 5 nitrogen and oxygen atoms in total. The van der Waals surface area contributed by atoms with Crippen molar-refractivity contribution < 1.29 is 4.79 Å². The molecule has 0 radical (unpaired) electrons. The lowest BCUT2D eigenvalue weighted by atomic mass is 10.0. The van der Waals surface area contributed by atoms with Gasteiger partial charge in [-0.25, -0.2) is 0 Å². The lowest BCUT2D eigenvalue weighted by molar-refractivity contribution is 0.0707. The highest BCUT2D eigenvalue weighted by molar-refractivity contribution is 9.10. The van der Waals surface area contributed by atoms with E-state index in [-0.39, 0.29) is 11.9 Å². The van der Waals surface area contributed by atoms with E-state index in [1.807, 2.05) is 35.6 Å². The van der Waals surface area contributed by atoms with Crippen molar-refractivity contribution in [1.82, 2.24) is 14.7 Å². The number of carbonyl (C=O) groups excluding carboxylic acids is 1. The second kappa shape index (κ2) is 7.07. The van der Waals surface area contributed by atoms with Gasteiger partial charge in [0.15, 0.2) is 0 Å². The van der Waals surface area contributed by atoms with Gasteiger partial charge < -0.3 is 10.6 Å². The maximum absolute atomic E-state index is 12.9. The number of halogens is 1. The van der Waals surface area contributed by atoms with Crippen LogP contribution in [0, 0.1) is 13.8 Å². The van der Waals surface area contributed by atoms with Crippen LogP contribution in [0.5, 0.6) is 0 Å². The minimum atomic E-state index is 0.0562. The van der Waals surface area contributed by atoms with Gasteiger partial charge in [-0.1, -0.05) is 28.1 Å². The van der Waals surface area contributed by atoms with Gasteiger partial charge in [0.2, 0.25) is 0 Å². The molecule has 1 fully saturated rings. The van der Waals surface area contributed by atoms with Crippen LogP contribution < -0.4 is 5.73 Å². The van der Waals surface area contributed by atoms with E-state index in [0.29, 0.717) is 13.1 Å². The number of hydrogen-bond donors (Lipinski definition) is 1. The van der Waals surface area contributed by atoms with Crippen molar-refractivity contribution in [2.75, 3.05) is 13.1 Å². The maximum Gasteiger partial charge on any atom is 0.257 e. The number of rotatable bonds is 3. The van der Waals surface area contributed by atoms with E-state index >= 15 is 0 Å². The summed E-state index contributed by atoms with van der Waals surface area (Å²) >= 11 is 3.49. The summed E-state index contributed by atoms with van der Waals surface area (Å²) in [4.78, 5) is 14.8. The first kappa shape index (κ1) is 17.2. The van der Waals surface area contributed by atoms with Crippen LogP contribution in [0.4, 0.5) is 0 Å². The second-order valence-electron chi connectivity index (χ2n) is 6.49. The first-order chi connectivity index (χ1) is 11.5. The summed E-state index contributed by atoms with van der Waals surface area (Å²) in [6.07, 6.45) is 1.96. The molecule has 0 spiro atoms. The molecule has 0 bridgehead atoms. The monoisotopic (exact) mass is 390 g/mol. The first-order valence-electron chi connectivity index (χ1n) is 8.29. The number of benzene rings is 1. The Kier molecular flexibility index (Phi) is 5.06. The summed E-state index contributed by atoms with van der Waals surface area (Å²) in [6.45, 7) is 5.94. The molecule has 1 unspecified atom stereocenters. The van der Waals surface area contributed by atoms with Crippen molar-refractivity contribution in [3.63, 3.8) is 0 Å². The number of aryl methyl sites for hydroxylation is 1. The topological polar surface area (TPSA) is 64.2 Å². The zero-order chi connectivity index (χ0) is 17.3. The van der Waals surface area contributed by atoms with Gasteiger partial charge in [-0.05, 0) is 44.4 Å². The Morgan fingerprint density at radius 3 is 2.92 bits per heavy atom. The smallest absolute Gasteiger partial charge is 0.257 e. The van der Waals surface area contributed by atoms with E-state index < -0.39 is 0 Å². The lowest BCUT2D eigenvalue weighted by Crippen LogP contribution is -2.46. The standard InChI is InChI=1S/C18H23BrN4O/c1-12-17(18(24)22-8-4-7-16(20)11-22)13(2)23(21-12)10-14-5-3-6-15(19)9-14/h3,5-6,9,16H,4,7-8,10-11,20H2,1-2H3. The molecule has 2 N–H and O–H groups in total. The molecule has 1 aromatic carbocycles. The number of nitrogens with zero attached hydrogens (tertiary/aromatic N) is 3. The molecule has 1 aliphatic heterocycles. The fraction of sp³-hybridized carbons (Fsp3) is 0.444. The molecule has 1 atom stereocenters. The van der Waals surface area contributed by atoms with Crippen LogP contribution in [0.1, 0.15) is 40.2 Å². The fourth-order valence-corrected chi connectivity index (χ4v) is 3.77. The Hall–Kier alpha value is -1.66. The van der Waals surface area contributed by atoms with E-state index in [1.54, 1.807) is 0 Å². The molecule has 1 amide bonds. The summed E-state index contributed by atoms with van der Waals surface area (Å²) < 4.78 is 2.95. The molecule has 6 heteroatoms. The van der Waals surface area contributed by atoms with E-state index in [0.717, 1.165) is 46.4 Å². The van der Waals surface area contributed by atoms with Crippen LogP contribution in [-0.4, -0.2) is 39.7 Å². The third-order valence-corrected chi connectivity index (χ3v) is 5.06. The van der Waals surface area contributed by atoms with Crippen LogP contribution in [0.3, 0.4) is 0 Å². The van der Waals surface area contributed by atoms with Gasteiger partial charge in [0, 0.05) is 29.3 Å². The third-order valence-electron chi connectivity index (χ3n) is 4.56. The van der Waals surface area contributed by atoms with Crippen molar-refractivity contribution in [2.24, 2.45) is 5.73 Å². The van der Waals surface area contributed by atoms with Crippen molar-refractivity contribution in [3.05, 3.63) is 51.3 Å². The Morgan fingerprint density at radius 1 is 1.42 bits per heavy atom. The Morgan fingerprint density at radius 2 is 2.21 bits per heavy atom. The number of piperidine rings is 1. The van der Waals surface area contributed by atoms with Crippen LogP contribution in [0.2, 0.25) is 0 Å². The van der Waals surface area contributed by atoms with E-state index in [1.165, 1.54) is 0 Å². The first-order valence-corrected chi connectivity index (χ1v) is 9.08. The minimum absolute atomic E-state index is 0.0562. The highest BCUT2D eigenvalue weighted by Gasteiger charge is 2.27. The second-order valence-corrected chi connectivity index (χ2v) is 7.40. The highest BCUT2D eigenvalue weighted by atomic mass is 79.9. The molecule has 1 aromatic heterocycles. The average molecular weight is 391 g/mol. The molecule has 1 saturated heterocycles. The molecule has 24 heavy (non-hydrogen) atoms. The molecule has 1 aliphatic rings. The van der Waals surface area contributed by atoms with Gasteiger partial charge in [0.25, 0.3) is 5.91 Å². The number of amides is 1. The zero-order valence-corrected chi connectivity index (χ0v) is 15.7. The van der Waals surface area contributed by atoms with Gasteiger partial charge in [-0.15, -0.1) is 0 Å². The molecule has 2 heterocycles. The summed E-state index contributed by atoms with van der Waals surface area (Å²) in [5, 5.41) is 4.59. The van der Waals surface area contributed by atoms with Gasteiger partial charge in [-0.3, -0.25) is 9.48 Å². The predicted octanol–water partition coefficient (Wildman–Crippen LogP) is 2.87. The van der Waals surface area contributed by atoms with Crippen LogP contribution in [0.15, 0.2) is 28.7 Å². The molecule has 3 rings (SSSR count). The Labute approximate surface area is 151 Å². The van der Waals surface area contributed by atoms with Gasteiger partial charge >= 0.3 is 0 Å². The summed E-state index contributed by atoms with van der Waals surface area (Å²) in [7, 11) is 0. The summed E-state index contributed by atoms with van der Waals surface area (Å²) in [5.41, 5.74) is 9.59. The molecule has 0 aliphatic carbocycles. The van der Waals surface area contributed by atoms with Crippen molar-refractivity contribution >= 4 is 21.8 Å². The maximum atomic E-state index is 12.9. The number of aromatic nitrogens is 2. The zero-order valence-electron chi connectivity index (χ0n) is 14.1. The van der Waals surface area contributed by atoms with Gasteiger partial charge in [0.1, 0.15) is 0 Å². The third kappa shape index (κ3) is 3.54. The number of carbonyl (C=O) groups is 1. The lowest BCUT2D eigenvalue weighted by Gasteiger charge is -2.30. The van der Waals surface area contributed by atoms with E-state index in [9.17, 15) is 4.79 Å². The normalized spacial score (nSPS) is 18.0. The van der Waals surface area contributed by atoms with Gasteiger partial charge in [-0.2, -0.15) is 5.10 Å². The largest absolute Gasteiger partial charge is 0.337 e. The van der Waals surface area contributed by atoms with Crippen molar-refractivity contribution in [3.8, 4) is 0 Å². The van der Waals surface area contributed by atoms with Gasteiger partial charge in [0.05, 0.1) is 17.8 Å². The van der Waals surface area contributed by atoms with Crippen molar-refractivity contribution in [1.29, 1.82) is 0 Å². The highest BCUT2D eigenvalue weighted by Crippen LogP contribution is 2.20. The SMILES string of the molecule is Cc1nn(Cc2cccc(Br)c2)c(C)c1C(=O)N1CCCC(N)C1. The van der Waals surface area contributed by atoms with Crippen LogP contribution >= 0.6 is 15.9 Å². The summed E-state index contributed by atoms with van der Waals surface area (Å²) in [6, 6.07) is 8.22. The quantitative estimate of drug-likeness (QED) is 0.875. The predicted molar refractivity (Wildman–Crippen MR) is 98.1 cm³/mol. The molecular weight excluding hydrogens is 368 g/mol. The fourth-order valence-electron chi connectivity index (χ4n) is 3.32. The van der Waals surface area contributed by atoms with Crippen LogP contribution in [0.25, 0.3) is 0 Å². The summed E-state index contributed by atoms with van der Waals surface area (Å²) in [5.74, 6) is 0.0562. The van der Waals surface area contributed by atoms with E-state index in [4.69, 9.17) is 5.73 Å². The number of hydrogen-bond acceptors (Lipinski definition) is 3. The molecule has 2 aromatic rings. The molecular formula is C18H23BrN4O. The van der Waals surface area contributed by atoms with E-state index in [2.05, 4.69) is 33.2 Å². The Bertz CT molecular complexity index is 755.